The highest BCUT2D eigenvalue weighted by Gasteiger charge is 2.33. The van der Waals surface area contributed by atoms with Crippen molar-refractivity contribution < 1.29 is 32.2 Å². The molecule has 2 atom stereocenters. The lowest BCUT2D eigenvalue weighted by Crippen LogP contribution is -2.46. The molecule has 0 aliphatic carbocycles. The maximum atomic E-state index is 14.4. The summed E-state index contributed by atoms with van der Waals surface area (Å²) in [5, 5.41) is 2.37. The van der Waals surface area contributed by atoms with E-state index in [4.69, 9.17) is 26.8 Å². The zero-order chi connectivity index (χ0) is 26.9. The Bertz CT molecular complexity index is 1300. The van der Waals surface area contributed by atoms with E-state index >= 15 is 0 Å². The molecule has 2 amide bonds. The Balaban J connectivity index is 1.57. The maximum Gasteiger partial charge on any atom is 0.407 e. The first-order chi connectivity index (χ1) is 17.6. The fraction of sp³-hybridized carbons (Fsp3) is 0.320. The van der Waals surface area contributed by atoms with E-state index in [2.05, 4.69) is 10.3 Å². The highest BCUT2D eigenvalue weighted by Crippen LogP contribution is 2.33. The monoisotopic (exact) mass is 536 g/mol. The van der Waals surface area contributed by atoms with Crippen molar-refractivity contribution in [1.29, 1.82) is 0 Å². The molecule has 1 fully saturated rings. The van der Waals surface area contributed by atoms with Gasteiger partial charge < -0.3 is 25.4 Å². The molecule has 2 aliphatic rings. The summed E-state index contributed by atoms with van der Waals surface area (Å²) in [7, 11) is 1.48. The second kappa shape index (κ2) is 10.7. The van der Waals surface area contributed by atoms with Crippen LogP contribution in [0, 0.1) is 17.5 Å². The Morgan fingerprint density at radius 3 is 2.51 bits per heavy atom. The van der Waals surface area contributed by atoms with E-state index in [-0.39, 0.29) is 53.7 Å². The third-order valence-electron chi connectivity index (χ3n) is 6.18. The minimum atomic E-state index is -0.753. The molecule has 0 radical (unpaired) electrons. The van der Waals surface area contributed by atoms with Crippen molar-refractivity contribution in [3.8, 4) is 5.75 Å². The maximum absolute atomic E-state index is 14.4. The SMILES string of the molecule is CN=C(C1=C(N)[C@H](C)N(C(=O)c2cc(F)cc(OCC3CNC(=O)O3)c2Cl)CC1)c1cc(F)cc(F)c1. The first-order valence-electron chi connectivity index (χ1n) is 11.4. The number of cyclic esters (lactones) is 1. The number of alkyl carbamates (subject to hydrolysis) is 1. The van der Waals surface area contributed by atoms with Crippen molar-refractivity contribution in [1.82, 2.24) is 10.2 Å². The van der Waals surface area contributed by atoms with E-state index < -0.39 is 41.6 Å². The van der Waals surface area contributed by atoms with Gasteiger partial charge in [0.2, 0.25) is 0 Å². The van der Waals surface area contributed by atoms with Crippen molar-refractivity contribution >= 4 is 29.3 Å². The Hall–Kier alpha value is -3.73. The number of aliphatic imine (C=N–C) groups is 1. The summed E-state index contributed by atoms with van der Waals surface area (Å²) in [6.07, 6.45) is -0.932. The lowest BCUT2D eigenvalue weighted by molar-refractivity contribution is 0.0705. The lowest BCUT2D eigenvalue weighted by atomic mass is 9.91. The van der Waals surface area contributed by atoms with Crippen molar-refractivity contribution in [2.75, 3.05) is 26.7 Å². The molecule has 2 aromatic rings. The number of rotatable bonds is 6. The second-order valence-electron chi connectivity index (χ2n) is 8.57. The third-order valence-corrected chi connectivity index (χ3v) is 6.57. The van der Waals surface area contributed by atoms with E-state index in [1.54, 1.807) is 6.92 Å². The summed E-state index contributed by atoms with van der Waals surface area (Å²) < 4.78 is 52.6. The van der Waals surface area contributed by atoms with Gasteiger partial charge in [-0.1, -0.05) is 11.6 Å². The van der Waals surface area contributed by atoms with Gasteiger partial charge in [-0.25, -0.2) is 18.0 Å². The number of nitrogens with zero attached hydrogens (tertiary/aromatic N) is 2. The highest BCUT2D eigenvalue weighted by molar-refractivity contribution is 6.35. The van der Waals surface area contributed by atoms with Gasteiger partial charge in [-0.05, 0) is 31.5 Å². The Kier molecular flexibility index (Phi) is 7.63. The molecule has 4 rings (SSSR count). The van der Waals surface area contributed by atoms with Gasteiger partial charge in [0.1, 0.15) is 29.8 Å². The summed E-state index contributed by atoms with van der Waals surface area (Å²) in [6, 6.07) is 4.47. The molecule has 2 aromatic carbocycles. The number of halogens is 4. The normalized spacial score (nSPS) is 20.1. The molecular formula is C25H24ClF3N4O4. The second-order valence-corrected chi connectivity index (χ2v) is 8.95. The topological polar surface area (TPSA) is 106 Å². The standard InChI is InChI=1S/C25H24ClF3N4O4/c1-12-22(30)18(23(31-2)13-5-14(27)7-15(28)6-13)3-4-33(12)24(34)19-8-16(29)9-20(21(19)26)36-11-17-10-32-25(35)37-17/h5-9,12,17H,3-4,10-11,30H2,1-2H3,(H,32,35)/t12-,17?/m0/s1. The summed E-state index contributed by atoms with van der Waals surface area (Å²) in [5.41, 5.74) is 7.63. The van der Waals surface area contributed by atoms with Crippen molar-refractivity contribution in [3.05, 3.63) is 75.2 Å². The van der Waals surface area contributed by atoms with E-state index in [9.17, 15) is 22.8 Å². The van der Waals surface area contributed by atoms with Gasteiger partial charge in [0.25, 0.3) is 5.91 Å². The molecule has 12 heteroatoms. The van der Waals surface area contributed by atoms with Crippen LogP contribution < -0.4 is 15.8 Å². The zero-order valence-corrected chi connectivity index (χ0v) is 20.7. The number of benzene rings is 2. The molecule has 2 aliphatic heterocycles. The number of hydrogen-bond acceptors (Lipinski definition) is 6. The number of carbonyl (C=O) groups excluding carboxylic acids is 2. The van der Waals surface area contributed by atoms with Gasteiger partial charge in [0.15, 0.2) is 6.10 Å². The van der Waals surface area contributed by atoms with Crippen LogP contribution in [-0.4, -0.2) is 61.5 Å². The Morgan fingerprint density at radius 1 is 1.22 bits per heavy atom. The molecule has 0 bridgehead atoms. The van der Waals surface area contributed by atoms with E-state index in [1.807, 2.05) is 0 Å². The van der Waals surface area contributed by atoms with Crippen LogP contribution in [0.4, 0.5) is 18.0 Å². The van der Waals surface area contributed by atoms with E-state index in [0.29, 0.717) is 11.3 Å². The molecule has 1 unspecified atom stereocenters. The zero-order valence-electron chi connectivity index (χ0n) is 20.0. The van der Waals surface area contributed by atoms with Crippen LogP contribution in [0.15, 0.2) is 46.6 Å². The highest BCUT2D eigenvalue weighted by atomic mass is 35.5. The lowest BCUT2D eigenvalue weighted by Gasteiger charge is -2.36. The average Bonchev–Trinajstić information content (AvgIpc) is 3.26. The van der Waals surface area contributed by atoms with Gasteiger partial charge in [-0.15, -0.1) is 0 Å². The Labute approximate surface area is 215 Å². The van der Waals surface area contributed by atoms with Gasteiger partial charge in [-0.2, -0.15) is 0 Å². The molecule has 2 heterocycles. The molecule has 3 N–H and O–H groups in total. The molecule has 1 saturated heterocycles. The summed E-state index contributed by atoms with van der Waals surface area (Å²) in [4.78, 5) is 30.2. The fourth-order valence-corrected chi connectivity index (χ4v) is 4.58. The number of nitrogens with two attached hydrogens (primary N) is 1. The van der Waals surface area contributed by atoms with Crippen LogP contribution in [0.3, 0.4) is 0 Å². The number of hydrogen-bond donors (Lipinski definition) is 2. The van der Waals surface area contributed by atoms with Crippen LogP contribution in [0.2, 0.25) is 5.02 Å². The molecule has 0 saturated carbocycles. The van der Waals surface area contributed by atoms with Crippen LogP contribution in [0.25, 0.3) is 0 Å². The number of carbonyl (C=O) groups is 2. The fourth-order valence-electron chi connectivity index (χ4n) is 4.34. The van der Waals surface area contributed by atoms with E-state index in [1.165, 1.54) is 11.9 Å². The van der Waals surface area contributed by atoms with Crippen molar-refractivity contribution in [3.63, 3.8) is 0 Å². The number of nitrogens with one attached hydrogen (secondary N) is 1. The minimum Gasteiger partial charge on any atom is -0.488 e. The predicted octanol–water partition coefficient (Wildman–Crippen LogP) is 3.81. The molecule has 37 heavy (non-hydrogen) atoms. The smallest absolute Gasteiger partial charge is 0.407 e. The molecular weight excluding hydrogens is 513 g/mol. The summed E-state index contributed by atoms with van der Waals surface area (Å²) in [5.74, 6) is -2.90. The van der Waals surface area contributed by atoms with Crippen molar-refractivity contribution in [2.24, 2.45) is 10.7 Å². The molecule has 196 valence electrons. The predicted molar refractivity (Wildman–Crippen MR) is 130 cm³/mol. The Morgan fingerprint density at radius 2 is 1.89 bits per heavy atom. The average molecular weight is 537 g/mol. The first-order valence-corrected chi connectivity index (χ1v) is 11.8. The van der Waals surface area contributed by atoms with Crippen LogP contribution in [-0.2, 0) is 4.74 Å². The minimum absolute atomic E-state index is 0.0737. The van der Waals surface area contributed by atoms with Crippen molar-refractivity contribution in [2.45, 2.75) is 25.5 Å². The summed E-state index contributed by atoms with van der Waals surface area (Å²) in [6.45, 7) is 1.98. The molecule has 0 aromatic heterocycles. The van der Waals surface area contributed by atoms with Crippen LogP contribution in [0.5, 0.6) is 5.75 Å². The first kappa shape index (κ1) is 26.3. The molecule has 0 spiro atoms. The van der Waals surface area contributed by atoms with Gasteiger partial charge in [0.05, 0.1) is 28.9 Å². The van der Waals surface area contributed by atoms with Crippen LogP contribution in [0.1, 0.15) is 29.3 Å². The van der Waals surface area contributed by atoms with E-state index in [0.717, 1.165) is 30.3 Å². The number of amides is 2. The van der Waals surface area contributed by atoms with Gasteiger partial charge in [-0.3, -0.25) is 9.79 Å². The third kappa shape index (κ3) is 5.51. The number of ether oxygens (including phenoxy) is 2. The largest absolute Gasteiger partial charge is 0.488 e. The summed E-state index contributed by atoms with van der Waals surface area (Å²) >= 11 is 6.41. The van der Waals surface area contributed by atoms with Crippen LogP contribution >= 0.6 is 11.6 Å². The van der Waals surface area contributed by atoms with Gasteiger partial charge in [0, 0.05) is 42.6 Å². The van der Waals surface area contributed by atoms with Gasteiger partial charge >= 0.3 is 6.09 Å². The quantitative estimate of drug-likeness (QED) is 0.546. The molecule has 8 nitrogen and oxygen atoms in total.